The molecule has 112 valence electrons. The summed E-state index contributed by atoms with van der Waals surface area (Å²) in [7, 11) is 3.19. The molecule has 2 rings (SSSR count). The number of carbonyl (C=O) groups excluding carboxylic acids is 1. The number of rotatable bonds is 5. The van der Waals surface area contributed by atoms with E-state index in [0.29, 0.717) is 30.2 Å². The number of alkyl halides is 1. The third-order valence-corrected chi connectivity index (χ3v) is 3.43. The second kappa shape index (κ2) is 7.08. The fourth-order valence-corrected chi connectivity index (χ4v) is 2.06. The number of benzene rings is 1. The highest BCUT2D eigenvalue weighted by molar-refractivity contribution is 6.54. The van der Waals surface area contributed by atoms with Crippen molar-refractivity contribution in [2.24, 2.45) is 10.1 Å². The number of methoxy groups -OCH3 is 2. The Labute approximate surface area is 127 Å². The Morgan fingerprint density at radius 1 is 1.33 bits per heavy atom. The number of nitrogens with zero attached hydrogens (tertiary/aromatic N) is 2. The van der Waals surface area contributed by atoms with Crippen molar-refractivity contribution in [1.82, 2.24) is 5.43 Å². The largest absolute Gasteiger partial charge is 0.493 e. The molecule has 1 aromatic carbocycles. The summed E-state index contributed by atoms with van der Waals surface area (Å²) in [5.41, 5.74) is 3.81. The smallest absolute Gasteiger partial charge is 0.264 e. The summed E-state index contributed by atoms with van der Waals surface area (Å²) in [6.45, 7) is 0.507. The topological polar surface area (TPSA) is 72.3 Å². The Hall–Kier alpha value is -2.08. The molecule has 0 radical (unpaired) electrons. The minimum absolute atomic E-state index is 0.357. The molecule has 6 nitrogen and oxygen atoms in total. The predicted octanol–water partition coefficient (Wildman–Crippen LogP) is 1.41. The van der Waals surface area contributed by atoms with Crippen LogP contribution in [0.2, 0.25) is 0 Å². The quantitative estimate of drug-likeness (QED) is 0.836. The third-order valence-electron chi connectivity index (χ3n) is 3.00. The maximum absolute atomic E-state index is 11.3. The van der Waals surface area contributed by atoms with Crippen LogP contribution in [-0.2, 0) is 11.2 Å². The fraction of sp³-hybridized carbons (Fsp3) is 0.357. The summed E-state index contributed by atoms with van der Waals surface area (Å²) >= 11 is 5.93. The first-order valence-electron chi connectivity index (χ1n) is 6.38. The molecule has 1 atom stereocenters. The highest BCUT2D eigenvalue weighted by atomic mass is 35.5. The average Bonchev–Trinajstić information content (AvgIpc) is 2.51. The van der Waals surface area contributed by atoms with Crippen molar-refractivity contribution < 1.29 is 14.3 Å². The van der Waals surface area contributed by atoms with Crippen LogP contribution in [-0.4, -0.2) is 44.0 Å². The average molecular weight is 310 g/mol. The number of ether oxygens (including phenoxy) is 2. The third kappa shape index (κ3) is 3.72. The summed E-state index contributed by atoms with van der Waals surface area (Å²) in [6, 6.07) is 5.70. The number of halogens is 1. The van der Waals surface area contributed by atoms with E-state index in [-0.39, 0.29) is 5.91 Å². The van der Waals surface area contributed by atoms with E-state index in [1.165, 1.54) is 6.21 Å². The molecular weight excluding hydrogens is 294 g/mol. The van der Waals surface area contributed by atoms with Gasteiger partial charge in [-0.3, -0.25) is 9.79 Å². The van der Waals surface area contributed by atoms with Crippen molar-refractivity contribution in [1.29, 1.82) is 0 Å². The number of hydrogen-bond donors (Lipinski definition) is 1. The summed E-state index contributed by atoms with van der Waals surface area (Å²) in [6.07, 6.45) is 2.16. The zero-order chi connectivity index (χ0) is 15.2. The summed E-state index contributed by atoms with van der Waals surface area (Å²) in [5, 5.41) is 2.91. The van der Waals surface area contributed by atoms with Crippen LogP contribution in [0.5, 0.6) is 11.5 Å². The van der Waals surface area contributed by atoms with E-state index in [2.05, 4.69) is 15.5 Å². The minimum atomic E-state index is -0.784. The number of hydrazone groups is 1. The molecule has 1 unspecified atom stereocenters. The van der Waals surface area contributed by atoms with Gasteiger partial charge in [0.1, 0.15) is 0 Å². The fourth-order valence-electron chi connectivity index (χ4n) is 1.89. The summed E-state index contributed by atoms with van der Waals surface area (Å²) in [4.78, 5) is 15.6. The second-order valence-electron chi connectivity index (χ2n) is 4.34. The second-order valence-corrected chi connectivity index (χ2v) is 4.78. The molecule has 0 bridgehead atoms. The van der Waals surface area contributed by atoms with Gasteiger partial charge in [0.05, 0.1) is 26.1 Å². The first-order valence-corrected chi connectivity index (χ1v) is 6.81. The van der Waals surface area contributed by atoms with E-state index in [1.54, 1.807) is 14.2 Å². The van der Waals surface area contributed by atoms with Crippen LogP contribution in [0.15, 0.2) is 28.3 Å². The maximum Gasteiger partial charge on any atom is 0.264 e. The Balaban J connectivity index is 2.02. The maximum atomic E-state index is 11.3. The van der Waals surface area contributed by atoms with E-state index in [9.17, 15) is 4.79 Å². The lowest BCUT2D eigenvalue weighted by Crippen LogP contribution is -2.39. The van der Waals surface area contributed by atoms with Crippen LogP contribution in [0.3, 0.4) is 0 Å². The Morgan fingerprint density at radius 3 is 2.81 bits per heavy atom. The molecule has 0 fully saturated rings. The molecular formula is C14H16ClN3O3. The van der Waals surface area contributed by atoms with Gasteiger partial charge in [0, 0.05) is 6.54 Å². The van der Waals surface area contributed by atoms with Gasteiger partial charge in [-0.15, -0.1) is 11.6 Å². The summed E-state index contributed by atoms with van der Waals surface area (Å²) < 4.78 is 10.4. The molecule has 21 heavy (non-hydrogen) atoms. The highest BCUT2D eigenvalue weighted by Gasteiger charge is 2.23. The van der Waals surface area contributed by atoms with Crippen LogP contribution in [0.4, 0.5) is 0 Å². The van der Waals surface area contributed by atoms with Gasteiger partial charge in [-0.05, 0) is 24.1 Å². The van der Waals surface area contributed by atoms with Crippen LogP contribution in [0, 0.1) is 0 Å². The molecule has 0 saturated heterocycles. The van der Waals surface area contributed by atoms with Crippen molar-refractivity contribution >= 4 is 29.4 Å². The van der Waals surface area contributed by atoms with Gasteiger partial charge >= 0.3 is 0 Å². The molecule has 1 N–H and O–H groups in total. The number of hydrogen-bond acceptors (Lipinski definition) is 5. The van der Waals surface area contributed by atoms with Gasteiger partial charge in [-0.1, -0.05) is 6.07 Å². The molecule has 0 aromatic heterocycles. The van der Waals surface area contributed by atoms with Crippen molar-refractivity contribution in [3.63, 3.8) is 0 Å². The number of carbonyl (C=O) groups is 1. The normalized spacial score (nSPS) is 19.5. The van der Waals surface area contributed by atoms with Gasteiger partial charge in [-0.2, -0.15) is 5.10 Å². The van der Waals surface area contributed by atoms with Crippen LogP contribution >= 0.6 is 11.6 Å². The van der Waals surface area contributed by atoms with Gasteiger partial charge in [-0.25, -0.2) is 5.43 Å². The summed E-state index contributed by atoms with van der Waals surface area (Å²) in [5.74, 6) is 1.00. The highest BCUT2D eigenvalue weighted by Crippen LogP contribution is 2.27. The molecule has 1 aliphatic rings. The van der Waals surface area contributed by atoms with Crippen molar-refractivity contribution in [2.45, 2.75) is 11.8 Å². The van der Waals surface area contributed by atoms with Gasteiger partial charge in [0.15, 0.2) is 16.9 Å². The van der Waals surface area contributed by atoms with Crippen molar-refractivity contribution in [3.05, 3.63) is 23.8 Å². The molecule has 1 aromatic rings. The van der Waals surface area contributed by atoms with Gasteiger partial charge in [0.2, 0.25) is 0 Å². The van der Waals surface area contributed by atoms with Crippen molar-refractivity contribution in [2.75, 3.05) is 20.8 Å². The van der Waals surface area contributed by atoms with E-state index in [1.807, 2.05) is 18.2 Å². The van der Waals surface area contributed by atoms with Crippen molar-refractivity contribution in [3.8, 4) is 11.5 Å². The Kier molecular flexibility index (Phi) is 5.16. The monoisotopic (exact) mass is 309 g/mol. The Bertz CT molecular complexity index is 587. The lowest BCUT2D eigenvalue weighted by Gasteiger charge is -2.12. The first kappa shape index (κ1) is 15.3. The van der Waals surface area contributed by atoms with Gasteiger partial charge < -0.3 is 9.47 Å². The lowest BCUT2D eigenvalue weighted by atomic mass is 10.1. The van der Waals surface area contributed by atoms with Crippen LogP contribution < -0.4 is 14.9 Å². The molecule has 1 amide bonds. The van der Waals surface area contributed by atoms with E-state index in [0.717, 1.165) is 5.56 Å². The van der Waals surface area contributed by atoms with Crippen LogP contribution in [0.25, 0.3) is 0 Å². The van der Waals surface area contributed by atoms with E-state index in [4.69, 9.17) is 21.1 Å². The number of amides is 1. The number of nitrogens with one attached hydrogen (secondary N) is 1. The Morgan fingerprint density at radius 2 is 2.10 bits per heavy atom. The molecule has 0 aliphatic carbocycles. The first-order chi connectivity index (χ1) is 10.2. The van der Waals surface area contributed by atoms with E-state index < -0.39 is 5.38 Å². The molecule has 0 spiro atoms. The molecule has 7 heteroatoms. The molecule has 0 saturated carbocycles. The van der Waals surface area contributed by atoms with Gasteiger partial charge in [0.25, 0.3) is 5.91 Å². The SMILES string of the molecule is COc1ccc(CCN=C2C=NNC(=O)C2Cl)cc1OC. The predicted molar refractivity (Wildman–Crippen MR) is 81.8 cm³/mol. The van der Waals surface area contributed by atoms with Crippen LogP contribution in [0.1, 0.15) is 5.56 Å². The zero-order valence-electron chi connectivity index (χ0n) is 11.8. The minimum Gasteiger partial charge on any atom is -0.493 e. The number of aliphatic imine (C=N–C) groups is 1. The molecule has 1 heterocycles. The zero-order valence-corrected chi connectivity index (χ0v) is 12.6. The lowest BCUT2D eigenvalue weighted by molar-refractivity contribution is -0.119. The molecule has 1 aliphatic heterocycles. The standard InChI is InChI=1S/C14H16ClN3O3/c1-20-11-4-3-9(7-12(11)21-2)5-6-16-10-8-17-18-14(19)13(10)15/h3-4,7-8,13H,5-6H2,1-2H3,(H,18,19). The van der Waals surface area contributed by atoms with E-state index >= 15 is 0 Å².